The van der Waals surface area contributed by atoms with Crippen molar-refractivity contribution < 1.29 is 0 Å². The van der Waals surface area contributed by atoms with Gasteiger partial charge in [-0.15, -0.1) is 11.8 Å². The second kappa shape index (κ2) is 6.63. The maximum absolute atomic E-state index is 5.95. The number of hydrogen-bond acceptors (Lipinski definition) is 2. The van der Waals surface area contributed by atoms with Crippen LogP contribution in [0.4, 0.5) is 0 Å². The summed E-state index contributed by atoms with van der Waals surface area (Å²) in [5, 5.41) is 0.718. The molecule has 0 heterocycles. The highest BCUT2D eigenvalue weighted by Gasteiger charge is 2.29. The third kappa shape index (κ3) is 3.52. The zero-order chi connectivity index (χ0) is 13.0. The maximum Gasteiger partial charge on any atom is 0.0137 e. The Morgan fingerprint density at radius 1 is 1.33 bits per heavy atom. The minimum Gasteiger partial charge on any atom is -0.330 e. The predicted octanol–water partition coefficient (Wildman–Crippen LogP) is 4.24. The Hall–Kier alpha value is -0.470. The average molecular weight is 263 g/mol. The van der Waals surface area contributed by atoms with Crippen LogP contribution in [0.2, 0.25) is 0 Å². The second-order valence-electron chi connectivity index (χ2n) is 5.56. The highest BCUT2D eigenvalue weighted by molar-refractivity contribution is 8.00. The molecule has 3 atom stereocenters. The Morgan fingerprint density at radius 2 is 2.17 bits per heavy atom. The number of thioether (sulfide) groups is 1. The fraction of sp³-hybridized carbons (Fsp3) is 0.625. The van der Waals surface area contributed by atoms with Crippen molar-refractivity contribution in [2.45, 2.75) is 49.7 Å². The monoisotopic (exact) mass is 263 g/mol. The third-order valence-corrected chi connectivity index (χ3v) is 5.60. The predicted molar refractivity (Wildman–Crippen MR) is 81.0 cm³/mol. The Labute approximate surface area is 116 Å². The summed E-state index contributed by atoms with van der Waals surface area (Å²) in [6, 6.07) is 8.87. The first-order valence-electron chi connectivity index (χ1n) is 7.16. The van der Waals surface area contributed by atoms with E-state index in [4.69, 9.17) is 5.73 Å². The van der Waals surface area contributed by atoms with Crippen molar-refractivity contribution in [1.29, 1.82) is 0 Å². The van der Waals surface area contributed by atoms with Gasteiger partial charge in [0.25, 0.3) is 0 Å². The molecule has 0 radical (unpaired) electrons. The fourth-order valence-corrected chi connectivity index (χ4v) is 4.49. The van der Waals surface area contributed by atoms with E-state index in [0.717, 1.165) is 17.7 Å². The van der Waals surface area contributed by atoms with Crippen LogP contribution in [0.15, 0.2) is 29.2 Å². The van der Waals surface area contributed by atoms with Crippen molar-refractivity contribution in [3.05, 3.63) is 29.8 Å². The molecular formula is C16H25NS. The summed E-state index contributed by atoms with van der Waals surface area (Å²) in [7, 11) is 0. The maximum atomic E-state index is 5.95. The lowest BCUT2D eigenvalue weighted by atomic mass is 9.80. The largest absolute Gasteiger partial charge is 0.330 e. The molecule has 18 heavy (non-hydrogen) atoms. The molecule has 1 nitrogen and oxygen atoms in total. The van der Waals surface area contributed by atoms with Crippen LogP contribution in [0.25, 0.3) is 0 Å². The van der Waals surface area contributed by atoms with Crippen LogP contribution in [0.1, 0.15) is 38.2 Å². The SMILES string of the molecule is CCC1CCC(CN)C(Sc2cccc(C)c2)C1. The van der Waals surface area contributed by atoms with Gasteiger partial charge in [0.05, 0.1) is 0 Å². The van der Waals surface area contributed by atoms with Crippen LogP contribution < -0.4 is 5.73 Å². The van der Waals surface area contributed by atoms with Crippen LogP contribution in [0, 0.1) is 18.8 Å². The molecule has 1 aromatic rings. The van der Waals surface area contributed by atoms with E-state index in [0.29, 0.717) is 5.92 Å². The Bertz CT molecular complexity index is 377. The number of hydrogen-bond donors (Lipinski definition) is 1. The number of aryl methyl sites for hydroxylation is 1. The summed E-state index contributed by atoms with van der Waals surface area (Å²) in [6.45, 7) is 5.34. The van der Waals surface area contributed by atoms with Crippen molar-refractivity contribution in [2.24, 2.45) is 17.6 Å². The number of nitrogens with two attached hydrogens (primary N) is 1. The molecule has 1 saturated carbocycles. The van der Waals surface area contributed by atoms with Gasteiger partial charge in [0.1, 0.15) is 0 Å². The number of rotatable bonds is 4. The van der Waals surface area contributed by atoms with Crippen LogP contribution in [0.3, 0.4) is 0 Å². The lowest BCUT2D eigenvalue weighted by molar-refractivity contribution is 0.284. The molecule has 3 unspecified atom stereocenters. The summed E-state index contributed by atoms with van der Waals surface area (Å²) in [5.74, 6) is 1.62. The molecule has 2 heteroatoms. The Balaban J connectivity index is 2.04. The molecule has 1 aliphatic carbocycles. The fourth-order valence-electron chi connectivity index (χ4n) is 2.92. The minimum absolute atomic E-state index is 0.707. The Kier molecular flexibility index (Phi) is 5.13. The lowest BCUT2D eigenvalue weighted by Crippen LogP contribution is -2.32. The summed E-state index contributed by atoms with van der Waals surface area (Å²) in [6.07, 6.45) is 5.36. The van der Waals surface area contributed by atoms with Gasteiger partial charge >= 0.3 is 0 Å². The van der Waals surface area contributed by atoms with Gasteiger partial charge in [-0.05, 0) is 50.3 Å². The average Bonchev–Trinajstić information content (AvgIpc) is 2.38. The summed E-state index contributed by atoms with van der Waals surface area (Å²) >= 11 is 2.05. The first-order chi connectivity index (χ1) is 8.72. The second-order valence-corrected chi connectivity index (χ2v) is 6.87. The molecule has 0 saturated heterocycles. The molecule has 1 fully saturated rings. The van der Waals surface area contributed by atoms with Crippen molar-refractivity contribution in [1.82, 2.24) is 0 Å². The standard InChI is InChI=1S/C16H25NS/c1-3-13-7-8-14(11-17)16(10-13)18-15-6-4-5-12(2)9-15/h4-6,9,13-14,16H,3,7-8,10-11,17H2,1-2H3. The smallest absolute Gasteiger partial charge is 0.0137 e. The van der Waals surface area contributed by atoms with E-state index in [-0.39, 0.29) is 0 Å². The zero-order valence-electron chi connectivity index (χ0n) is 11.6. The van der Waals surface area contributed by atoms with Crippen molar-refractivity contribution >= 4 is 11.8 Å². The van der Waals surface area contributed by atoms with Gasteiger partial charge in [-0.2, -0.15) is 0 Å². The van der Waals surface area contributed by atoms with E-state index < -0.39 is 0 Å². The first-order valence-corrected chi connectivity index (χ1v) is 8.04. The summed E-state index contributed by atoms with van der Waals surface area (Å²) in [4.78, 5) is 1.41. The van der Waals surface area contributed by atoms with Gasteiger partial charge in [0, 0.05) is 10.1 Å². The van der Waals surface area contributed by atoms with Gasteiger partial charge in [-0.3, -0.25) is 0 Å². The van der Waals surface area contributed by atoms with Crippen LogP contribution in [0.5, 0.6) is 0 Å². The molecule has 0 spiro atoms. The van der Waals surface area contributed by atoms with Gasteiger partial charge in [0.2, 0.25) is 0 Å². The molecule has 0 aliphatic heterocycles. The normalized spacial score (nSPS) is 28.3. The quantitative estimate of drug-likeness (QED) is 0.879. The van der Waals surface area contributed by atoms with E-state index >= 15 is 0 Å². The molecule has 1 aliphatic rings. The van der Waals surface area contributed by atoms with Gasteiger partial charge in [0.15, 0.2) is 0 Å². The molecule has 0 aromatic heterocycles. The van der Waals surface area contributed by atoms with Gasteiger partial charge in [-0.1, -0.05) is 37.5 Å². The van der Waals surface area contributed by atoms with Crippen molar-refractivity contribution in [3.63, 3.8) is 0 Å². The van der Waals surface area contributed by atoms with E-state index in [1.165, 1.54) is 36.1 Å². The number of benzene rings is 1. The summed E-state index contributed by atoms with van der Waals surface area (Å²) in [5.41, 5.74) is 7.30. The van der Waals surface area contributed by atoms with Crippen molar-refractivity contribution in [3.8, 4) is 0 Å². The molecule has 0 bridgehead atoms. The van der Waals surface area contributed by atoms with Crippen LogP contribution in [-0.4, -0.2) is 11.8 Å². The summed E-state index contributed by atoms with van der Waals surface area (Å²) < 4.78 is 0. The third-order valence-electron chi connectivity index (χ3n) is 4.19. The topological polar surface area (TPSA) is 26.0 Å². The molecule has 2 rings (SSSR count). The first kappa shape index (κ1) is 14.0. The van der Waals surface area contributed by atoms with E-state index in [1.807, 2.05) is 0 Å². The van der Waals surface area contributed by atoms with Crippen LogP contribution >= 0.6 is 11.8 Å². The highest BCUT2D eigenvalue weighted by atomic mass is 32.2. The lowest BCUT2D eigenvalue weighted by Gasteiger charge is -2.35. The molecular weight excluding hydrogens is 238 g/mol. The van der Waals surface area contributed by atoms with E-state index in [1.54, 1.807) is 0 Å². The highest BCUT2D eigenvalue weighted by Crippen LogP contribution is 2.40. The Morgan fingerprint density at radius 3 is 2.83 bits per heavy atom. The van der Waals surface area contributed by atoms with Crippen LogP contribution in [-0.2, 0) is 0 Å². The van der Waals surface area contributed by atoms with E-state index in [9.17, 15) is 0 Å². The van der Waals surface area contributed by atoms with Gasteiger partial charge in [-0.25, -0.2) is 0 Å². The van der Waals surface area contributed by atoms with Crippen molar-refractivity contribution in [2.75, 3.05) is 6.54 Å². The van der Waals surface area contributed by atoms with E-state index in [2.05, 4.69) is 49.9 Å². The molecule has 100 valence electrons. The van der Waals surface area contributed by atoms with Gasteiger partial charge < -0.3 is 5.73 Å². The zero-order valence-corrected chi connectivity index (χ0v) is 12.4. The molecule has 2 N–H and O–H groups in total. The molecule has 0 amide bonds. The molecule has 1 aromatic carbocycles. The minimum atomic E-state index is 0.707.